The first-order valence-corrected chi connectivity index (χ1v) is 6.70. The van der Waals surface area contributed by atoms with Gasteiger partial charge in [-0.15, -0.1) is 0 Å². The Hall–Kier alpha value is -2.91. The summed E-state index contributed by atoms with van der Waals surface area (Å²) < 4.78 is 55.3. The van der Waals surface area contributed by atoms with Crippen LogP contribution >= 0.6 is 0 Å². The monoisotopic (exact) mass is 342 g/mol. The number of rotatable bonds is 5. The summed E-state index contributed by atoms with van der Waals surface area (Å²) in [6.45, 7) is -5.79. The third-order valence-electron chi connectivity index (χ3n) is 3.22. The summed E-state index contributed by atoms with van der Waals surface area (Å²) >= 11 is 0. The lowest BCUT2D eigenvalue weighted by Gasteiger charge is -2.07. The predicted molar refractivity (Wildman–Crippen MR) is 75.2 cm³/mol. The van der Waals surface area contributed by atoms with E-state index in [4.69, 9.17) is 0 Å². The molecule has 0 aliphatic carbocycles. The molecule has 2 heterocycles. The summed E-state index contributed by atoms with van der Waals surface area (Å²) in [4.78, 5) is 16.4. The molecule has 0 aliphatic heterocycles. The molecule has 0 amide bonds. The number of hydrogen-bond donors (Lipinski definition) is 0. The van der Waals surface area contributed by atoms with Gasteiger partial charge in [0.25, 0.3) is 5.56 Å². The number of hydrogen-bond acceptors (Lipinski definition) is 4. The Morgan fingerprint density at radius 2 is 1.96 bits per heavy atom. The standard InChI is InChI=1S/C14H10F4N4O2/c15-13(16)22-4-3-8(20-22)6-21-7-19-11-5-9(24-14(17)18)1-2-10(11)12(21)23/h1-5,7,13-14H,6H2. The minimum absolute atomic E-state index is 0.0449. The average Bonchev–Trinajstić information content (AvgIpc) is 2.98. The summed E-state index contributed by atoms with van der Waals surface area (Å²) in [5.74, 6) is -0.113. The van der Waals surface area contributed by atoms with Crippen molar-refractivity contribution in [3.05, 3.63) is 52.8 Å². The van der Waals surface area contributed by atoms with Gasteiger partial charge < -0.3 is 4.74 Å². The molecule has 6 nitrogen and oxygen atoms in total. The van der Waals surface area contributed by atoms with Gasteiger partial charge in [0.15, 0.2) is 0 Å². The van der Waals surface area contributed by atoms with Crippen molar-refractivity contribution in [1.82, 2.24) is 19.3 Å². The first-order valence-electron chi connectivity index (χ1n) is 6.70. The summed E-state index contributed by atoms with van der Waals surface area (Å²) in [7, 11) is 0. The summed E-state index contributed by atoms with van der Waals surface area (Å²) in [5, 5.41) is 3.84. The highest BCUT2D eigenvalue weighted by Crippen LogP contribution is 2.18. The fraction of sp³-hybridized carbons (Fsp3) is 0.214. The SMILES string of the molecule is O=c1c2ccc(OC(F)F)cc2ncn1Cc1ccn(C(F)F)n1. The van der Waals surface area contributed by atoms with Crippen molar-refractivity contribution in [3.63, 3.8) is 0 Å². The Labute approximate surface area is 131 Å². The number of alkyl halides is 4. The van der Waals surface area contributed by atoms with E-state index in [-0.39, 0.29) is 28.9 Å². The van der Waals surface area contributed by atoms with Crippen molar-refractivity contribution in [3.8, 4) is 5.75 Å². The van der Waals surface area contributed by atoms with Crippen molar-refractivity contribution in [2.75, 3.05) is 0 Å². The molecule has 3 aromatic rings. The van der Waals surface area contributed by atoms with Crippen LogP contribution in [0.3, 0.4) is 0 Å². The minimum atomic E-state index is -2.98. The maximum absolute atomic E-state index is 12.5. The molecule has 0 saturated heterocycles. The third-order valence-corrected chi connectivity index (χ3v) is 3.22. The molecule has 0 aliphatic rings. The normalized spacial score (nSPS) is 11.6. The highest BCUT2D eigenvalue weighted by Gasteiger charge is 2.11. The second-order valence-corrected chi connectivity index (χ2v) is 4.80. The van der Waals surface area contributed by atoms with Gasteiger partial charge in [-0.05, 0) is 18.2 Å². The number of fused-ring (bicyclic) bond motifs is 1. The second-order valence-electron chi connectivity index (χ2n) is 4.80. The molecule has 2 aromatic heterocycles. The number of nitrogens with zero attached hydrogens (tertiary/aromatic N) is 4. The van der Waals surface area contributed by atoms with Crippen molar-refractivity contribution < 1.29 is 22.3 Å². The number of ether oxygens (including phenoxy) is 1. The van der Waals surface area contributed by atoms with Crippen molar-refractivity contribution in [2.45, 2.75) is 19.7 Å². The van der Waals surface area contributed by atoms with Crippen LogP contribution < -0.4 is 10.3 Å². The molecular weight excluding hydrogens is 332 g/mol. The predicted octanol–water partition coefficient (Wildman–Crippen LogP) is 2.64. The zero-order chi connectivity index (χ0) is 17.3. The van der Waals surface area contributed by atoms with Gasteiger partial charge in [-0.3, -0.25) is 9.36 Å². The van der Waals surface area contributed by atoms with Gasteiger partial charge in [0.2, 0.25) is 0 Å². The molecule has 3 rings (SSSR count). The number of benzene rings is 1. The van der Waals surface area contributed by atoms with Gasteiger partial charge in [0.05, 0.1) is 29.5 Å². The third kappa shape index (κ3) is 3.21. The molecule has 0 bridgehead atoms. The van der Waals surface area contributed by atoms with E-state index in [2.05, 4.69) is 14.8 Å². The molecule has 0 atom stereocenters. The van der Waals surface area contributed by atoms with E-state index in [1.807, 2.05) is 0 Å². The summed E-state index contributed by atoms with van der Waals surface area (Å²) in [6.07, 6.45) is 2.30. The van der Waals surface area contributed by atoms with Crippen LogP contribution in [0.15, 0.2) is 41.6 Å². The van der Waals surface area contributed by atoms with E-state index in [0.29, 0.717) is 4.68 Å². The fourth-order valence-electron chi connectivity index (χ4n) is 2.17. The van der Waals surface area contributed by atoms with Crippen molar-refractivity contribution in [1.29, 1.82) is 0 Å². The van der Waals surface area contributed by atoms with Crippen LogP contribution in [0.2, 0.25) is 0 Å². The molecule has 126 valence electrons. The molecule has 0 N–H and O–H groups in total. The molecule has 0 saturated carbocycles. The highest BCUT2D eigenvalue weighted by molar-refractivity contribution is 5.78. The van der Waals surface area contributed by atoms with E-state index >= 15 is 0 Å². The molecule has 0 spiro atoms. The number of aromatic nitrogens is 4. The quantitative estimate of drug-likeness (QED) is 0.669. The van der Waals surface area contributed by atoms with Gasteiger partial charge in [-0.2, -0.15) is 22.7 Å². The van der Waals surface area contributed by atoms with Crippen LogP contribution in [0.5, 0.6) is 5.75 Å². The maximum atomic E-state index is 12.5. The zero-order valence-corrected chi connectivity index (χ0v) is 11.9. The van der Waals surface area contributed by atoms with Crippen molar-refractivity contribution in [2.24, 2.45) is 0 Å². The fourth-order valence-corrected chi connectivity index (χ4v) is 2.17. The maximum Gasteiger partial charge on any atom is 0.387 e. The molecule has 1 aromatic carbocycles. The Morgan fingerprint density at radius 1 is 1.17 bits per heavy atom. The highest BCUT2D eigenvalue weighted by atomic mass is 19.3. The smallest absolute Gasteiger partial charge is 0.387 e. The van der Waals surface area contributed by atoms with Gasteiger partial charge in [-0.25, -0.2) is 9.67 Å². The van der Waals surface area contributed by atoms with E-state index in [9.17, 15) is 22.4 Å². The lowest BCUT2D eigenvalue weighted by Crippen LogP contribution is -2.21. The first kappa shape index (κ1) is 16.0. The van der Waals surface area contributed by atoms with E-state index in [1.54, 1.807) is 0 Å². The second kappa shape index (κ2) is 6.30. The van der Waals surface area contributed by atoms with Crippen LogP contribution in [0, 0.1) is 0 Å². The Morgan fingerprint density at radius 3 is 2.62 bits per heavy atom. The van der Waals surface area contributed by atoms with Crippen LogP contribution in [0.1, 0.15) is 12.2 Å². The Bertz CT molecular complexity index is 923. The average molecular weight is 342 g/mol. The first-order chi connectivity index (χ1) is 11.4. The van der Waals surface area contributed by atoms with E-state index in [0.717, 1.165) is 6.20 Å². The van der Waals surface area contributed by atoms with E-state index in [1.165, 1.54) is 35.2 Å². The molecule has 0 unspecified atom stereocenters. The van der Waals surface area contributed by atoms with Gasteiger partial charge in [-0.1, -0.05) is 0 Å². The molecule has 24 heavy (non-hydrogen) atoms. The number of halogens is 4. The van der Waals surface area contributed by atoms with Gasteiger partial charge >= 0.3 is 13.2 Å². The molecule has 0 fully saturated rings. The summed E-state index contributed by atoms with van der Waals surface area (Å²) in [6, 6.07) is 5.13. The lowest BCUT2D eigenvalue weighted by atomic mass is 10.2. The molecular formula is C14H10F4N4O2. The van der Waals surface area contributed by atoms with E-state index < -0.39 is 18.7 Å². The van der Waals surface area contributed by atoms with Gasteiger partial charge in [0.1, 0.15) is 5.75 Å². The molecule has 0 radical (unpaired) electrons. The zero-order valence-electron chi connectivity index (χ0n) is 11.9. The molecule has 10 heteroatoms. The Kier molecular flexibility index (Phi) is 4.19. The topological polar surface area (TPSA) is 61.9 Å². The van der Waals surface area contributed by atoms with Crippen LogP contribution in [0.4, 0.5) is 17.6 Å². The minimum Gasteiger partial charge on any atom is -0.435 e. The van der Waals surface area contributed by atoms with Crippen LogP contribution in [-0.2, 0) is 6.54 Å². The summed E-state index contributed by atoms with van der Waals surface area (Å²) in [5.41, 5.74) is -0.00101. The lowest BCUT2D eigenvalue weighted by molar-refractivity contribution is -0.0497. The van der Waals surface area contributed by atoms with Crippen molar-refractivity contribution >= 4 is 10.9 Å². The Balaban J connectivity index is 1.92. The largest absolute Gasteiger partial charge is 0.435 e. The van der Waals surface area contributed by atoms with Gasteiger partial charge in [0, 0.05) is 12.3 Å². The van der Waals surface area contributed by atoms with Crippen LogP contribution in [0.25, 0.3) is 10.9 Å². The van der Waals surface area contributed by atoms with Crippen LogP contribution in [-0.4, -0.2) is 25.9 Å².